The number of hydrogen-bond acceptors (Lipinski definition) is 2. The Labute approximate surface area is 139 Å². The van der Waals surface area contributed by atoms with Crippen LogP contribution in [0.5, 0.6) is 0 Å². The second-order valence-electron chi connectivity index (χ2n) is 8.97. The number of terminal acetylenes is 1. The minimum absolute atomic E-state index is 0.120. The fraction of sp³-hybridized carbons (Fsp3) is 0.762. The van der Waals surface area contributed by atoms with Gasteiger partial charge in [0.15, 0.2) is 5.78 Å². The highest BCUT2D eigenvalue weighted by atomic mass is 16.3. The van der Waals surface area contributed by atoms with E-state index in [2.05, 4.69) is 19.8 Å². The van der Waals surface area contributed by atoms with Crippen molar-refractivity contribution in [2.45, 2.75) is 70.8 Å². The summed E-state index contributed by atoms with van der Waals surface area (Å²) in [6.07, 6.45) is 15.6. The van der Waals surface area contributed by atoms with Crippen molar-refractivity contribution in [1.29, 1.82) is 0 Å². The molecule has 1 N–H and O–H groups in total. The number of hydrogen-bond donors (Lipinski definition) is 1. The Hall–Kier alpha value is -1.07. The van der Waals surface area contributed by atoms with Gasteiger partial charge in [0.25, 0.3) is 0 Å². The molecule has 4 rings (SSSR count). The highest BCUT2D eigenvalue weighted by molar-refractivity contribution is 5.91. The average molecular weight is 312 g/mol. The van der Waals surface area contributed by atoms with Gasteiger partial charge in [-0.15, -0.1) is 6.42 Å². The molecule has 4 aliphatic carbocycles. The molecule has 0 spiro atoms. The quantitative estimate of drug-likeness (QED) is 0.689. The first-order chi connectivity index (χ1) is 10.8. The molecule has 0 aliphatic heterocycles. The van der Waals surface area contributed by atoms with Crippen molar-refractivity contribution in [3.05, 3.63) is 11.6 Å². The Kier molecular flexibility index (Phi) is 3.18. The van der Waals surface area contributed by atoms with Crippen molar-refractivity contribution in [3.8, 4) is 12.3 Å². The first-order valence-corrected chi connectivity index (χ1v) is 9.28. The van der Waals surface area contributed by atoms with Crippen molar-refractivity contribution >= 4 is 5.78 Å². The number of rotatable bonds is 0. The summed E-state index contributed by atoms with van der Waals surface area (Å²) in [5, 5.41) is 11.0. The summed E-state index contributed by atoms with van der Waals surface area (Å²) >= 11 is 0. The lowest BCUT2D eigenvalue weighted by atomic mass is 9.46. The first kappa shape index (κ1) is 15.5. The van der Waals surface area contributed by atoms with E-state index >= 15 is 0 Å². The van der Waals surface area contributed by atoms with E-state index in [4.69, 9.17) is 6.42 Å². The highest BCUT2D eigenvalue weighted by Gasteiger charge is 2.63. The van der Waals surface area contributed by atoms with Gasteiger partial charge in [-0.1, -0.05) is 25.3 Å². The summed E-state index contributed by atoms with van der Waals surface area (Å²) in [5.74, 6) is 4.93. The molecular weight excluding hydrogens is 284 g/mol. The normalized spacial score (nSPS) is 52.0. The molecule has 0 saturated heterocycles. The number of carbonyl (C=O) groups excluding carboxylic acids is 1. The van der Waals surface area contributed by atoms with Crippen LogP contribution in [0, 0.1) is 40.9 Å². The van der Waals surface area contributed by atoms with E-state index in [9.17, 15) is 9.90 Å². The van der Waals surface area contributed by atoms with Crippen LogP contribution < -0.4 is 0 Å². The zero-order valence-corrected chi connectivity index (χ0v) is 14.4. The minimum Gasteiger partial charge on any atom is -0.377 e. The van der Waals surface area contributed by atoms with Gasteiger partial charge in [0, 0.05) is 11.8 Å². The fourth-order valence-corrected chi connectivity index (χ4v) is 6.81. The van der Waals surface area contributed by atoms with Crippen molar-refractivity contribution in [2.24, 2.45) is 28.6 Å². The number of fused-ring (bicyclic) bond motifs is 5. The molecule has 0 aromatic rings. The third-order valence-corrected chi connectivity index (χ3v) is 8.35. The van der Waals surface area contributed by atoms with Gasteiger partial charge in [-0.2, -0.15) is 0 Å². The molecule has 0 unspecified atom stereocenters. The zero-order valence-electron chi connectivity index (χ0n) is 14.4. The van der Waals surface area contributed by atoms with Crippen LogP contribution in [-0.4, -0.2) is 16.5 Å². The van der Waals surface area contributed by atoms with Crippen LogP contribution in [0.2, 0.25) is 0 Å². The Balaban J connectivity index is 1.70. The van der Waals surface area contributed by atoms with E-state index in [-0.39, 0.29) is 10.8 Å². The monoisotopic (exact) mass is 312 g/mol. The predicted molar refractivity (Wildman–Crippen MR) is 90.5 cm³/mol. The SMILES string of the molecule is C#C[C@@]1(O)CC[C@H]2[C@H]3CCC4=CC(=O)CC[C@@]4(C)[C@@H]3CC[C@]21C. The van der Waals surface area contributed by atoms with E-state index in [1.54, 1.807) is 0 Å². The minimum atomic E-state index is -0.914. The van der Waals surface area contributed by atoms with Crippen LogP contribution in [0.15, 0.2) is 11.6 Å². The summed E-state index contributed by atoms with van der Waals surface area (Å²) in [7, 11) is 0. The molecule has 0 heterocycles. The topological polar surface area (TPSA) is 37.3 Å². The summed E-state index contributed by atoms with van der Waals surface area (Å²) in [5.41, 5.74) is 0.575. The largest absolute Gasteiger partial charge is 0.377 e. The lowest BCUT2D eigenvalue weighted by Gasteiger charge is -2.58. The van der Waals surface area contributed by atoms with Crippen LogP contribution >= 0.6 is 0 Å². The molecule has 0 amide bonds. The van der Waals surface area contributed by atoms with Crippen molar-refractivity contribution < 1.29 is 9.90 Å². The Morgan fingerprint density at radius 1 is 1.13 bits per heavy atom. The van der Waals surface area contributed by atoms with Gasteiger partial charge < -0.3 is 5.11 Å². The van der Waals surface area contributed by atoms with Crippen LogP contribution in [0.1, 0.15) is 65.2 Å². The maximum Gasteiger partial charge on any atom is 0.155 e. The zero-order chi connectivity index (χ0) is 16.5. The highest BCUT2D eigenvalue weighted by Crippen LogP contribution is 2.67. The summed E-state index contributed by atoms with van der Waals surface area (Å²) in [4.78, 5) is 11.8. The molecule has 0 aromatic heterocycles. The Morgan fingerprint density at radius 2 is 1.87 bits per heavy atom. The predicted octanol–water partition coefficient (Wildman–Crippen LogP) is 3.88. The number of ketones is 1. The van der Waals surface area contributed by atoms with Gasteiger partial charge in [0.1, 0.15) is 5.60 Å². The van der Waals surface area contributed by atoms with E-state index in [0.717, 1.165) is 38.5 Å². The molecule has 0 radical (unpaired) electrons. The molecule has 4 aliphatic rings. The van der Waals surface area contributed by atoms with E-state index in [1.165, 1.54) is 12.0 Å². The third-order valence-electron chi connectivity index (χ3n) is 8.35. The molecule has 3 saturated carbocycles. The molecule has 2 nitrogen and oxygen atoms in total. The number of allylic oxidation sites excluding steroid dienone is 1. The molecule has 23 heavy (non-hydrogen) atoms. The van der Waals surface area contributed by atoms with Crippen molar-refractivity contribution in [2.75, 3.05) is 0 Å². The number of aliphatic hydroxyl groups is 1. The van der Waals surface area contributed by atoms with Crippen molar-refractivity contribution in [3.63, 3.8) is 0 Å². The maximum atomic E-state index is 11.8. The standard InChI is InChI=1S/C21H28O2/c1-4-21(23)12-9-18-16-6-5-14-13-15(22)7-10-19(14,2)17(16)8-11-20(18,21)3/h1,13,16-18,23H,5-12H2,2-3H3/t16-,17+,18-,19+,20+,21+/m0/s1. The molecule has 0 bridgehead atoms. The lowest BCUT2D eigenvalue weighted by Crippen LogP contribution is -2.54. The molecule has 6 atom stereocenters. The summed E-state index contributed by atoms with van der Waals surface area (Å²) < 4.78 is 0. The van der Waals surface area contributed by atoms with Crippen LogP contribution in [-0.2, 0) is 4.79 Å². The van der Waals surface area contributed by atoms with Gasteiger partial charge in [-0.3, -0.25) is 4.79 Å². The van der Waals surface area contributed by atoms with Crippen LogP contribution in [0.25, 0.3) is 0 Å². The average Bonchev–Trinajstić information content (AvgIpc) is 2.80. The van der Waals surface area contributed by atoms with Gasteiger partial charge in [-0.25, -0.2) is 0 Å². The number of carbonyl (C=O) groups is 1. The van der Waals surface area contributed by atoms with Gasteiger partial charge in [0.05, 0.1) is 0 Å². The fourth-order valence-electron chi connectivity index (χ4n) is 6.81. The van der Waals surface area contributed by atoms with Gasteiger partial charge in [-0.05, 0) is 74.2 Å². The van der Waals surface area contributed by atoms with Crippen molar-refractivity contribution in [1.82, 2.24) is 0 Å². The van der Waals surface area contributed by atoms with Crippen LogP contribution in [0.3, 0.4) is 0 Å². The second kappa shape index (κ2) is 4.73. The maximum absolute atomic E-state index is 11.8. The van der Waals surface area contributed by atoms with Gasteiger partial charge in [0.2, 0.25) is 0 Å². The molecular formula is C21H28O2. The second-order valence-corrected chi connectivity index (χ2v) is 8.97. The summed E-state index contributed by atoms with van der Waals surface area (Å²) in [6, 6.07) is 0. The molecule has 0 aromatic carbocycles. The van der Waals surface area contributed by atoms with Crippen LogP contribution in [0.4, 0.5) is 0 Å². The smallest absolute Gasteiger partial charge is 0.155 e. The third kappa shape index (κ3) is 1.84. The molecule has 3 fully saturated rings. The van der Waals surface area contributed by atoms with Gasteiger partial charge >= 0.3 is 0 Å². The first-order valence-electron chi connectivity index (χ1n) is 9.28. The van der Waals surface area contributed by atoms with E-state index in [0.29, 0.717) is 30.0 Å². The van der Waals surface area contributed by atoms with E-state index < -0.39 is 5.60 Å². The lowest BCUT2D eigenvalue weighted by molar-refractivity contribution is -0.119. The van der Waals surface area contributed by atoms with E-state index in [1.807, 2.05) is 6.08 Å². The Morgan fingerprint density at radius 3 is 2.61 bits per heavy atom. The molecule has 124 valence electrons. The summed E-state index contributed by atoms with van der Waals surface area (Å²) in [6.45, 7) is 4.63. The Bertz CT molecular complexity index is 626. The molecule has 2 heteroatoms.